The van der Waals surface area contributed by atoms with Crippen LogP contribution in [-0.4, -0.2) is 47.5 Å². The van der Waals surface area contributed by atoms with E-state index in [0.29, 0.717) is 12.8 Å². The Bertz CT molecular complexity index is 330. The van der Waals surface area contributed by atoms with Crippen LogP contribution in [0.25, 0.3) is 0 Å². The molecule has 6 unspecified atom stereocenters. The summed E-state index contributed by atoms with van der Waals surface area (Å²) >= 11 is 12.6. The first-order valence-corrected chi connectivity index (χ1v) is 7.83. The van der Waals surface area contributed by atoms with Crippen molar-refractivity contribution in [1.82, 2.24) is 10.6 Å². The first-order valence-electron chi connectivity index (χ1n) is 6.95. The lowest BCUT2D eigenvalue weighted by Gasteiger charge is -2.43. The number of alkyl halides is 2. The Morgan fingerprint density at radius 3 is 2.74 bits per heavy atom. The van der Waals surface area contributed by atoms with Crippen LogP contribution in [0.15, 0.2) is 0 Å². The third-order valence-corrected chi connectivity index (χ3v) is 5.66. The molecule has 4 nitrogen and oxygen atoms in total. The number of hydrogen-bond donors (Lipinski definition) is 3. The Hall–Kier alpha value is -0.0300. The third kappa shape index (κ3) is 3.35. The third-order valence-electron chi connectivity index (χ3n) is 4.45. The van der Waals surface area contributed by atoms with Gasteiger partial charge in [0.05, 0.1) is 22.9 Å². The van der Waals surface area contributed by atoms with Gasteiger partial charge in [-0.25, -0.2) is 0 Å². The molecule has 0 radical (unpaired) electrons. The molecule has 2 aliphatic rings. The Balaban J connectivity index is 2.05. The highest BCUT2D eigenvalue weighted by Gasteiger charge is 2.43. The maximum atomic E-state index is 11.7. The summed E-state index contributed by atoms with van der Waals surface area (Å²) in [4.78, 5) is 11.7. The number of piperidine rings is 1. The van der Waals surface area contributed by atoms with Crippen LogP contribution in [0.3, 0.4) is 0 Å². The van der Waals surface area contributed by atoms with Crippen molar-refractivity contribution < 1.29 is 9.90 Å². The van der Waals surface area contributed by atoms with Crippen molar-refractivity contribution in [2.75, 3.05) is 13.6 Å². The normalized spacial score (nSPS) is 43.8. The second kappa shape index (κ2) is 6.61. The molecule has 110 valence electrons. The fourth-order valence-corrected chi connectivity index (χ4v) is 4.17. The standard InChI is InChI=1S/C13H22Cl2N2O2/c1-16-13(19)9-6-7(4-5-17-9)11-10(18)3-2-8(14)12(11)15/h7-12,17-18H,2-6H2,1H3,(H,16,19). The first kappa shape index (κ1) is 15.4. The molecule has 1 amide bonds. The molecule has 0 spiro atoms. The van der Waals surface area contributed by atoms with Gasteiger partial charge in [0.2, 0.25) is 5.91 Å². The quantitative estimate of drug-likeness (QED) is 0.669. The van der Waals surface area contributed by atoms with E-state index in [1.807, 2.05) is 0 Å². The molecule has 1 saturated carbocycles. The van der Waals surface area contributed by atoms with E-state index < -0.39 is 6.10 Å². The maximum Gasteiger partial charge on any atom is 0.236 e. The second-order valence-corrected chi connectivity index (χ2v) is 6.65. The van der Waals surface area contributed by atoms with Gasteiger partial charge in [-0.2, -0.15) is 0 Å². The van der Waals surface area contributed by atoms with Gasteiger partial charge in [0.1, 0.15) is 0 Å². The van der Waals surface area contributed by atoms with Crippen LogP contribution in [0, 0.1) is 11.8 Å². The fourth-order valence-electron chi connectivity index (χ4n) is 3.38. The summed E-state index contributed by atoms with van der Waals surface area (Å²) in [6, 6.07) is -0.185. The van der Waals surface area contributed by atoms with Crippen molar-refractivity contribution in [3.05, 3.63) is 0 Å². The summed E-state index contributed by atoms with van der Waals surface area (Å²) in [6.45, 7) is 0.780. The predicted octanol–water partition coefficient (Wildman–Crippen LogP) is 1.09. The predicted molar refractivity (Wildman–Crippen MR) is 76.6 cm³/mol. The molecule has 1 aliphatic heterocycles. The van der Waals surface area contributed by atoms with Crippen LogP contribution in [0.1, 0.15) is 25.7 Å². The molecular weight excluding hydrogens is 287 g/mol. The average molecular weight is 309 g/mol. The monoisotopic (exact) mass is 308 g/mol. The number of nitrogens with one attached hydrogen (secondary N) is 2. The number of carbonyl (C=O) groups excluding carboxylic acids is 1. The molecule has 0 aromatic rings. The Morgan fingerprint density at radius 2 is 2.05 bits per heavy atom. The van der Waals surface area contributed by atoms with E-state index in [1.54, 1.807) is 7.05 Å². The second-order valence-electron chi connectivity index (χ2n) is 5.59. The number of amides is 1. The molecule has 2 rings (SSSR count). The van der Waals surface area contributed by atoms with Crippen molar-refractivity contribution in [1.29, 1.82) is 0 Å². The average Bonchev–Trinajstić information content (AvgIpc) is 2.43. The van der Waals surface area contributed by atoms with Gasteiger partial charge in [-0.05, 0) is 38.1 Å². The van der Waals surface area contributed by atoms with E-state index in [9.17, 15) is 9.90 Å². The van der Waals surface area contributed by atoms with E-state index >= 15 is 0 Å². The lowest BCUT2D eigenvalue weighted by molar-refractivity contribution is -0.124. The Labute approximate surface area is 124 Å². The minimum atomic E-state index is -0.397. The first-order chi connectivity index (χ1) is 9.04. The minimum Gasteiger partial charge on any atom is -0.393 e. The largest absolute Gasteiger partial charge is 0.393 e. The van der Waals surface area contributed by atoms with Crippen molar-refractivity contribution in [3.8, 4) is 0 Å². The van der Waals surface area contributed by atoms with Gasteiger partial charge in [0, 0.05) is 13.0 Å². The molecule has 1 aliphatic carbocycles. The van der Waals surface area contributed by atoms with E-state index in [2.05, 4.69) is 10.6 Å². The molecule has 1 heterocycles. The van der Waals surface area contributed by atoms with E-state index in [1.165, 1.54) is 0 Å². The van der Waals surface area contributed by atoms with Crippen LogP contribution in [0.2, 0.25) is 0 Å². The highest BCUT2D eigenvalue weighted by Crippen LogP contribution is 2.40. The zero-order valence-electron chi connectivity index (χ0n) is 11.1. The lowest BCUT2D eigenvalue weighted by Crippen LogP contribution is -2.52. The van der Waals surface area contributed by atoms with Gasteiger partial charge in [0.15, 0.2) is 0 Å². The molecule has 1 saturated heterocycles. The van der Waals surface area contributed by atoms with Crippen molar-refractivity contribution >= 4 is 29.1 Å². The van der Waals surface area contributed by atoms with Crippen molar-refractivity contribution in [2.45, 2.75) is 48.6 Å². The van der Waals surface area contributed by atoms with Crippen LogP contribution in [-0.2, 0) is 4.79 Å². The number of carbonyl (C=O) groups is 1. The summed E-state index contributed by atoms with van der Waals surface area (Å²) in [5.41, 5.74) is 0. The molecule has 19 heavy (non-hydrogen) atoms. The topological polar surface area (TPSA) is 61.4 Å². The maximum absolute atomic E-state index is 11.7. The summed E-state index contributed by atoms with van der Waals surface area (Å²) in [6.07, 6.45) is 2.72. The number of aliphatic hydroxyl groups is 1. The van der Waals surface area contributed by atoms with Gasteiger partial charge in [0.25, 0.3) is 0 Å². The number of rotatable bonds is 2. The molecule has 0 bridgehead atoms. The number of aliphatic hydroxyl groups excluding tert-OH is 1. The zero-order valence-corrected chi connectivity index (χ0v) is 12.6. The van der Waals surface area contributed by atoms with Gasteiger partial charge in [-0.15, -0.1) is 23.2 Å². The van der Waals surface area contributed by atoms with Crippen LogP contribution in [0.4, 0.5) is 0 Å². The van der Waals surface area contributed by atoms with Gasteiger partial charge < -0.3 is 15.7 Å². The molecule has 0 aromatic carbocycles. The van der Waals surface area contributed by atoms with E-state index in [4.69, 9.17) is 23.2 Å². The van der Waals surface area contributed by atoms with E-state index in [-0.39, 0.29) is 34.5 Å². The van der Waals surface area contributed by atoms with Gasteiger partial charge in [-0.3, -0.25) is 4.79 Å². The molecule has 6 heteroatoms. The van der Waals surface area contributed by atoms with Crippen molar-refractivity contribution in [3.63, 3.8) is 0 Å². The molecule has 0 aromatic heterocycles. The summed E-state index contributed by atoms with van der Waals surface area (Å²) in [5, 5.41) is 15.8. The lowest BCUT2D eigenvalue weighted by atomic mass is 9.72. The molecular formula is C13H22Cl2N2O2. The zero-order chi connectivity index (χ0) is 14.0. The number of halogens is 2. The van der Waals surface area contributed by atoms with Gasteiger partial charge >= 0.3 is 0 Å². The molecule has 2 fully saturated rings. The SMILES string of the molecule is CNC(=O)C1CC(C2C(O)CCC(Cl)C2Cl)CCN1. The van der Waals surface area contributed by atoms with Crippen LogP contribution < -0.4 is 10.6 Å². The van der Waals surface area contributed by atoms with E-state index in [0.717, 1.165) is 19.4 Å². The van der Waals surface area contributed by atoms with Crippen LogP contribution in [0.5, 0.6) is 0 Å². The Kier molecular flexibility index (Phi) is 5.35. The minimum absolute atomic E-state index is 0.00328. The summed E-state index contributed by atoms with van der Waals surface area (Å²) < 4.78 is 0. The summed E-state index contributed by atoms with van der Waals surface area (Å²) in [5.74, 6) is 0.248. The highest BCUT2D eigenvalue weighted by atomic mass is 35.5. The number of likely N-dealkylation sites (N-methyl/N-ethyl adjacent to an activating group) is 1. The summed E-state index contributed by atoms with van der Waals surface area (Å²) in [7, 11) is 1.64. The number of hydrogen-bond acceptors (Lipinski definition) is 3. The smallest absolute Gasteiger partial charge is 0.236 e. The van der Waals surface area contributed by atoms with Crippen LogP contribution >= 0.6 is 23.2 Å². The van der Waals surface area contributed by atoms with Gasteiger partial charge in [-0.1, -0.05) is 0 Å². The molecule has 6 atom stereocenters. The molecule has 3 N–H and O–H groups in total. The highest BCUT2D eigenvalue weighted by molar-refractivity contribution is 6.30. The Morgan fingerprint density at radius 1 is 1.32 bits per heavy atom. The van der Waals surface area contributed by atoms with Crippen molar-refractivity contribution in [2.24, 2.45) is 11.8 Å². The fraction of sp³-hybridized carbons (Fsp3) is 0.923.